The summed E-state index contributed by atoms with van der Waals surface area (Å²) in [5, 5.41) is 15.0. The van der Waals surface area contributed by atoms with Crippen molar-refractivity contribution < 1.29 is 10.0 Å². The molecular formula is C22H28N5OS+. The van der Waals surface area contributed by atoms with Crippen molar-refractivity contribution in [3.8, 4) is 17.1 Å². The van der Waals surface area contributed by atoms with Crippen LogP contribution in [0.5, 0.6) is 0 Å². The predicted molar refractivity (Wildman–Crippen MR) is 116 cm³/mol. The van der Waals surface area contributed by atoms with Crippen molar-refractivity contribution in [2.24, 2.45) is 0 Å². The number of aliphatic hydroxyl groups is 1. The van der Waals surface area contributed by atoms with Crippen LogP contribution in [0.3, 0.4) is 0 Å². The number of pyridine rings is 1. The molecule has 1 aliphatic rings. The smallest absolute Gasteiger partial charge is 0.207 e. The Labute approximate surface area is 176 Å². The van der Waals surface area contributed by atoms with Crippen molar-refractivity contribution in [1.29, 1.82) is 0 Å². The van der Waals surface area contributed by atoms with Gasteiger partial charge in [-0.05, 0) is 54.7 Å². The molecule has 6 nitrogen and oxygen atoms in total. The summed E-state index contributed by atoms with van der Waals surface area (Å²) >= 11 is 5.91. The number of nitrogens with zero attached hydrogens (tertiary/aromatic N) is 4. The van der Waals surface area contributed by atoms with E-state index in [1.165, 1.54) is 10.5 Å². The highest BCUT2D eigenvalue weighted by Gasteiger charge is 2.24. The summed E-state index contributed by atoms with van der Waals surface area (Å²) in [7, 11) is 0. The Hall–Kier alpha value is -2.35. The fraction of sp³-hybridized carbons (Fsp3) is 0.409. The number of aliphatic hydroxyl groups excluding tert-OH is 1. The van der Waals surface area contributed by atoms with Crippen LogP contribution < -0.4 is 4.90 Å². The molecule has 3 aromatic rings. The van der Waals surface area contributed by atoms with Crippen LogP contribution in [0.2, 0.25) is 0 Å². The van der Waals surface area contributed by atoms with Crippen LogP contribution in [-0.2, 0) is 6.67 Å². The molecule has 2 atom stereocenters. The van der Waals surface area contributed by atoms with E-state index in [-0.39, 0.29) is 6.10 Å². The van der Waals surface area contributed by atoms with Crippen LogP contribution in [0.15, 0.2) is 48.8 Å². The SMILES string of the molecule is CC(C)c1ccccc1-n1c(-c2cccnc2)nn(C[NH+]2CCC[C@H](O)C2)c1=S. The highest BCUT2D eigenvalue weighted by Crippen LogP contribution is 2.28. The number of piperidine rings is 1. The number of hydrogen-bond donors (Lipinski definition) is 2. The van der Waals surface area contributed by atoms with Crippen LogP contribution in [0.25, 0.3) is 17.1 Å². The predicted octanol–water partition coefficient (Wildman–Crippen LogP) is 2.59. The van der Waals surface area contributed by atoms with E-state index in [0.717, 1.165) is 43.0 Å². The van der Waals surface area contributed by atoms with Gasteiger partial charge in [-0.25, -0.2) is 0 Å². The summed E-state index contributed by atoms with van der Waals surface area (Å²) in [4.78, 5) is 5.59. The highest BCUT2D eigenvalue weighted by molar-refractivity contribution is 7.71. The number of hydrogen-bond acceptors (Lipinski definition) is 4. The lowest BCUT2D eigenvalue weighted by atomic mass is 10.0. The zero-order chi connectivity index (χ0) is 20.4. The van der Waals surface area contributed by atoms with Crippen LogP contribution >= 0.6 is 12.2 Å². The van der Waals surface area contributed by atoms with Gasteiger partial charge >= 0.3 is 0 Å². The van der Waals surface area contributed by atoms with Gasteiger partial charge in [-0.3, -0.25) is 9.55 Å². The van der Waals surface area contributed by atoms with E-state index in [2.05, 4.69) is 41.6 Å². The number of benzene rings is 1. The van der Waals surface area contributed by atoms with Gasteiger partial charge in [0.25, 0.3) is 0 Å². The molecule has 2 N–H and O–H groups in total. The maximum Gasteiger partial charge on any atom is 0.207 e. The summed E-state index contributed by atoms with van der Waals surface area (Å²) < 4.78 is 4.65. The van der Waals surface area contributed by atoms with Gasteiger partial charge in [-0.15, -0.1) is 5.10 Å². The normalized spacial score (nSPS) is 19.6. The molecule has 29 heavy (non-hydrogen) atoms. The second-order valence-electron chi connectivity index (χ2n) is 8.05. The molecule has 1 aromatic carbocycles. The van der Waals surface area contributed by atoms with E-state index in [0.29, 0.717) is 17.4 Å². The fourth-order valence-corrected chi connectivity index (χ4v) is 4.36. The molecule has 3 heterocycles. The monoisotopic (exact) mass is 410 g/mol. The average molecular weight is 411 g/mol. The highest BCUT2D eigenvalue weighted by atomic mass is 32.1. The topological polar surface area (TPSA) is 60.3 Å². The van der Waals surface area contributed by atoms with Crippen molar-refractivity contribution in [2.45, 2.75) is 45.4 Å². The van der Waals surface area contributed by atoms with Crippen molar-refractivity contribution in [2.75, 3.05) is 13.1 Å². The zero-order valence-electron chi connectivity index (χ0n) is 17.0. The summed E-state index contributed by atoms with van der Waals surface area (Å²) in [6.45, 7) is 6.79. The molecule has 1 saturated heterocycles. The second kappa shape index (κ2) is 8.57. The van der Waals surface area contributed by atoms with Gasteiger partial charge in [-0.2, -0.15) is 4.68 Å². The first kappa shape index (κ1) is 19.9. The third-order valence-electron chi connectivity index (χ3n) is 5.52. The van der Waals surface area contributed by atoms with Gasteiger partial charge < -0.3 is 10.0 Å². The minimum Gasteiger partial charge on any atom is -0.387 e. The van der Waals surface area contributed by atoms with Gasteiger partial charge in [0.05, 0.1) is 12.2 Å². The van der Waals surface area contributed by atoms with Crippen LogP contribution in [0.4, 0.5) is 0 Å². The van der Waals surface area contributed by atoms with Crippen LogP contribution in [-0.4, -0.2) is 43.6 Å². The first-order valence-corrected chi connectivity index (χ1v) is 10.7. The zero-order valence-corrected chi connectivity index (χ0v) is 17.8. The molecule has 1 aliphatic heterocycles. The van der Waals surface area contributed by atoms with Crippen LogP contribution in [0, 0.1) is 4.77 Å². The number of likely N-dealkylation sites (tertiary alicyclic amines) is 1. The lowest BCUT2D eigenvalue weighted by Crippen LogP contribution is -3.13. The molecule has 1 unspecified atom stereocenters. The van der Waals surface area contributed by atoms with Gasteiger partial charge in [0.1, 0.15) is 12.6 Å². The standard InChI is InChI=1S/C22H27N5OS/c1-16(2)19-9-3-4-10-20(19)27-21(17-7-5-11-23-13-17)24-26(22(27)29)15-25-12-6-8-18(28)14-25/h3-5,7,9-11,13,16,18,28H,6,8,12,14-15H2,1-2H3/p+1/t18-/m0/s1. The first-order valence-electron chi connectivity index (χ1n) is 10.3. The van der Waals surface area contributed by atoms with Crippen molar-refractivity contribution >= 4 is 12.2 Å². The Balaban J connectivity index is 1.83. The molecule has 0 aliphatic carbocycles. The summed E-state index contributed by atoms with van der Waals surface area (Å²) in [5.41, 5.74) is 3.23. The molecule has 1 fully saturated rings. The van der Waals surface area contributed by atoms with Crippen molar-refractivity contribution in [3.05, 3.63) is 59.1 Å². The van der Waals surface area contributed by atoms with E-state index in [1.54, 1.807) is 6.20 Å². The summed E-state index contributed by atoms with van der Waals surface area (Å²) in [5.74, 6) is 1.16. The molecule has 7 heteroatoms. The third-order valence-corrected chi connectivity index (χ3v) is 5.92. The molecule has 152 valence electrons. The van der Waals surface area contributed by atoms with Crippen molar-refractivity contribution in [3.63, 3.8) is 0 Å². The van der Waals surface area contributed by atoms with Gasteiger partial charge in [-0.1, -0.05) is 32.0 Å². The summed E-state index contributed by atoms with van der Waals surface area (Å²) in [6, 6.07) is 12.3. The number of nitrogens with one attached hydrogen (secondary N) is 1. The minimum absolute atomic E-state index is 0.241. The molecule has 2 aromatic heterocycles. The van der Waals surface area contributed by atoms with E-state index < -0.39 is 0 Å². The van der Waals surface area contributed by atoms with Gasteiger partial charge in [0.15, 0.2) is 12.5 Å². The van der Waals surface area contributed by atoms with E-state index in [1.807, 2.05) is 29.1 Å². The molecule has 0 bridgehead atoms. The number of rotatable bonds is 5. The Bertz CT molecular complexity index is 1030. The third kappa shape index (κ3) is 4.17. The maximum absolute atomic E-state index is 10.1. The molecule has 0 radical (unpaired) electrons. The molecular weight excluding hydrogens is 382 g/mol. The summed E-state index contributed by atoms with van der Waals surface area (Å²) in [6.07, 6.45) is 5.26. The van der Waals surface area contributed by atoms with Gasteiger partial charge in [0, 0.05) is 18.0 Å². The van der Waals surface area contributed by atoms with Gasteiger partial charge in [0.2, 0.25) is 4.77 Å². The molecule has 0 spiro atoms. The fourth-order valence-electron chi connectivity index (χ4n) is 4.07. The second-order valence-corrected chi connectivity index (χ2v) is 8.42. The average Bonchev–Trinajstić information content (AvgIpc) is 3.04. The molecule has 4 rings (SSSR count). The maximum atomic E-state index is 10.1. The van der Waals surface area contributed by atoms with Crippen molar-refractivity contribution in [1.82, 2.24) is 19.3 Å². The first-order chi connectivity index (χ1) is 14.0. The van der Waals surface area contributed by atoms with E-state index in [9.17, 15) is 5.11 Å². The van der Waals surface area contributed by atoms with Crippen LogP contribution in [0.1, 0.15) is 38.2 Å². The lowest BCUT2D eigenvalue weighted by molar-refractivity contribution is -0.931. The van der Waals surface area contributed by atoms with E-state index in [4.69, 9.17) is 17.3 Å². The number of aromatic nitrogens is 4. The lowest BCUT2D eigenvalue weighted by Gasteiger charge is -2.26. The largest absolute Gasteiger partial charge is 0.387 e. The minimum atomic E-state index is -0.241. The van der Waals surface area contributed by atoms with E-state index >= 15 is 0 Å². The molecule has 0 saturated carbocycles. The number of quaternary nitrogens is 1. The Morgan fingerprint density at radius 1 is 1.24 bits per heavy atom. The Morgan fingerprint density at radius 2 is 2.07 bits per heavy atom. The Morgan fingerprint density at radius 3 is 2.79 bits per heavy atom. The molecule has 0 amide bonds. The Kier molecular flexibility index (Phi) is 5.89. The number of para-hydroxylation sites is 1. The quantitative estimate of drug-likeness (QED) is 0.635.